The minimum Gasteiger partial charge on any atom is -0.486 e. The van der Waals surface area contributed by atoms with Gasteiger partial charge >= 0.3 is 0 Å². The minimum absolute atomic E-state index is 0.00281. The van der Waals surface area contributed by atoms with E-state index in [0.717, 1.165) is 42.1 Å². The summed E-state index contributed by atoms with van der Waals surface area (Å²) in [5.41, 5.74) is 10.1. The maximum Gasteiger partial charge on any atom is 0.259 e. The van der Waals surface area contributed by atoms with Crippen molar-refractivity contribution < 1.29 is 18.7 Å². The number of primary amides is 1. The summed E-state index contributed by atoms with van der Waals surface area (Å²) in [6.07, 6.45) is 3.70. The number of nitrogens with two attached hydrogens (primary N) is 1. The molecule has 1 aromatic heterocycles. The van der Waals surface area contributed by atoms with Gasteiger partial charge in [0.25, 0.3) is 5.91 Å². The average molecular weight is 463 g/mol. The lowest BCUT2D eigenvalue weighted by molar-refractivity contribution is -0.111. The number of amides is 1. The molecule has 11 heteroatoms. The van der Waals surface area contributed by atoms with Crippen molar-refractivity contribution in [2.45, 2.75) is 12.8 Å². The van der Waals surface area contributed by atoms with Crippen LogP contribution in [0.3, 0.4) is 0 Å². The van der Waals surface area contributed by atoms with Gasteiger partial charge in [-0.1, -0.05) is 0 Å². The van der Waals surface area contributed by atoms with E-state index in [1.165, 1.54) is 0 Å². The number of anilines is 5. The van der Waals surface area contributed by atoms with Crippen LogP contribution in [0.2, 0.25) is 0 Å². The fraction of sp³-hybridized carbons (Fsp3) is 0.217. The molecule has 2 heterocycles. The van der Waals surface area contributed by atoms with Crippen molar-refractivity contribution in [2.24, 2.45) is 10.7 Å². The molecule has 0 radical (unpaired) electrons. The quantitative estimate of drug-likeness (QED) is 0.392. The highest BCUT2D eigenvalue weighted by atomic mass is 19.1. The van der Waals surface area contributed by atoms with Gasteiger partial charge in [-0.25, -0.2) is 9.37 Å². The van der Waals surface area contributed by atoms with Crippen LogP contribution in [-0.4, -0.2) is 42.4 Å². The van der Waals surface area contributed by atoms with Gasteiger partial charge in [0.2, 0.25) is 5.95 Å². The van der Waals surface area contributed by atoms with E-state index in [9.17, 15) is 9.18 Å². The fourth-order valence-corrected chi connectivity index (χ4v) is 4.07. The predicted octanol–water partition coefficient (Wildman–Crippen LogP) is 3.20. The maximum atomic E-state index is 14.5. The summed E-state index contributed by atoms with van der Waals surface area (Å²) in [5, 5.41) is 9.32. The SMILES string of the molecule is CNc1c2c(N=CC(N)=O)cc(Nc3ncc(F)c(Nc4ccc5c(c4)OCCO5)n3)c1CC2. The molecule has 5 rings (SSSR count). The molecule has 0 unspecified atom stereocenters. The molecule has 0 spiro atoms. The molecule has 1 amide bonds. The Bertz CT molecular complexity index is 1310. The van der Waals surface area contributed by atoms with E-state index in [-0.39, 0.29) is 11.8 Å². The molecule has 5 N–H and O–H groups in total. The molecule has 2 aromatic carbocycles. The lowest BCUT2D eigenvalue weighted by Gasteiger charge is -2.19. The van der Waals surface area contributed by atoms with Crippen LogP contribution in [0.25, 0.3) is 0 Å². The number of nitrogens with one attached hydrogen (secondary N) is 3. The Balaban J connectivity index is 1.44. The number of aliphatic imine (C=N–C) groups is 1. The number of fused-ring (bicyclic) bond motifs is 3. The van der Waals surface area contributed by atoms with E-state index in [2.05, 4.69) is 30.9 Å². The lowest BCUT2D eigenvalue weighted by Crippen LogP contribution is -2.15. The van der Waals surface area contributed by atoms with Crippen molar-refractivity contribution >= 4 is 46.6 Å². The number of hydrogen-bond donors (Lipinski definition) is 4. The smallest absolute Gasteiger partial charge is 0.259 e. The van der Waals surface area contributed by atoms with Crippen LogP contribution in [0.1, 0.15) is 11.1 Å². The second-order valence-corrected chi connectivity index (χ2v) is 7.68. The van der Waals surface area contributed by atoms with E-state index in [1.807, 2.05) is 7.05 Å². The third kappa shape index (κ3) is 4.15. The zero-order chi connectivity index (χ0) is 23.7. The molecule has 174 valence electrons. The van der Waals surface area contributed by atoms with Gasteiger partial charge in [0.15, 0.2) is 23.1 Å². The van der Waals surface area contributed by atoms with E-state index in [1.54, 1.807) is 24.3 Å². The number of ether oxygens (including phenoxy) is 2. The Morgan fingerprint density at radius 1 is 1.15 bits per heavy atom. The van der Waals surface area contributed by atoms with Gasteiger partial charge < -0.3 is 31.2 Å². The lowest BCUT2D eigenvalue weighted by atomic mass is 10.1. The van der Waals surface area contributed by atoms with Crippen LogP contribution in [0.5, 0.6) is 11.5 Å². The molecule has 1 aliphatic carbocycles. The van der Waals surface area contributed by atoms with Crippen LogP contribution in [-0.2, 0) is 17.6 Å². The van der Waals surface area contributed by atoms with Gasteiger partial charge in [0.05, 0.1) is 18.1 Å². The first-order valence-corrected chi connectivity index (χ1v) is 10.7. The first-order chi connectivity index (χ1) is 16.5. The molecular weight excluding hydrogens is 441 g/mol. The van der Waals surface area contributed by atoms with Gasteiger partial charge in [0.1, 0.15) is 13.2 Å². The number of aromatic nitrogens is 2. The number of hydrogen-bond acceptors (Lipinski definition) is 9. The maximum absolute atomic E-state index is 14.5. The second-order valence-electron chi connectivity index (χ2n) is 7.68. The van der Waals surface area contributed by atoms with Gasteiger partial charge in [-0.05, 0) is 36.6 Å². The standard InChI is InChI=1S/C23H22FN7O3/c1-26-21-13-3-4-14(21)17(9-16(13)27-11-20(25)32)30-23-28-10-15(24)22(31-23)29-12-2-5-18-19(8-12)34-7-6-33-18/h2,5,8-11,26H,3-4,6-7H2,1H3,(H2,25,32)(H2,28,29,30,31). The molecule has 2 bridgehead atoms. The molecule has 34 heavy (non-hydrogen) atoms. The number of carbonyl (C=O) groups excluding carboxylic acids is 1. The van der Waals surface area contributed by atoms with E-state index < -0.39 is 11.7 Å². The van der Waals surface area contributed by atoms with Crippen molar-refractivity contribution in [3.05, 3.63) is 47.4 Å². The van der Waals surface area contributed by atoms with Gasteiger partial charge in [-0.2, -0.15) is 4.98 Å². The predicted molar refractivity (Wildman–Crippen MR) is 127 cm³/mol. The zero-order valence-corrected chi connectivity index (χ0v) is 18.3. The highest BCUT2D eigenvalue weighted by Gasteiger charge is 2.24. The van der Waals surface area contributed by atoms with Crippen LogP contribution in [0.4, 0.5) is 38.9 Å². The molecule has 10 nitrogen and oxygen atoms in total. The number of rotatable bonds is 7. The molecule has 0 saturated heterocycles. The summed E-state index contributed by atoms with van der Waals surface area (Å²) < 4.78 is 25.6. The molecule has 0 atom stereocenters. The van der Waals surface area contributed by atoms with Crippen molar-refractivity contribution in [1.29, 1.82) is 0 Å². The first kappa shape index (κ1) is 21.4. The van der Waals surface area contributed by atoms with Crippen LogP contribution in [0, 0.1) is 5.82 Å². The summed E-state index contributed by atoms with van der Waals surface area (Å²) in [5.74, 6) is 0.177. The normalized spacial score (nSPS) is 13.7. The second kappa shape index (κ2) is 8.85. The third-order valence-corrected chi connectivity index (χ3v) is 5.52. The Labute approximate surface area is 194 Å². The van der Waals surface area contributed by atoms with Gasteiger partial charge in [-0.3, -0.25) is 9.79 Å². The van der Waals surface area contributed by atoms with E-state index in [4.69, 9.17) is 15.2 Å². The summed E-state index contributed by atoms with van der Waals surface area (Å²) >= 11 is 0. The topological polar surface area (TPSA) is 136 Å². The van der Waals surface area contributed by atoms with Crippen LogP contribution in [0.15, 0.2) is 35.5 Å². The monoisotopic (exact) mass is 463 g/mol. The molecule has 2 aliphatic rings. The average Bonchev–Trinajstić information content (AvgIpc) is 3.18. The fourth-order valence-electron chi connectivity index (χ4n) is 4.07. The van der Waals surface area contributed by atoms with Crippen LogP contribution >= 0.6 is 0 Å². The summed E-state index contributed by atoms with van der Waals surface area (Å²) in [7, 11) is 1.82. The number of nitrogens with zero attached hydrogens (tertiary/aromatic N) is 3. The first-order valence-electron chi connectivity index (χ1n) is 10.7. The van der Waals surface area contributed by atoms with Crippen molar-refractivity contribution in [3.63, 3.8) is 0 Å². The van der Waals surface area contributed by atoms with Crippen LogP contribution < -0.4 is 31.2 Å². The van der Waals surface area contributed by atoms with E-state index >= 15 is 0 Å². The number of carbonyl (C=O) groups is 1. The van der Waals surface area contributed by atoms with E-state index in [0.29, 0.717) is 41.8 Å². The highest BCUT2D eigenvalue weighted by Crippen LogP contribution is 2.43. The Kier molecular flexibility index (Phi) is 5.58. The number of benzene rings is 2. The zero-order valence-electron chi connectivity index (χ0n) is 18.3. The largest absolute Gasteiger partial charge is 0.486 e. The molecule has 0 saturated carbocycles. The molecule has 3 aromatic rings. The summed E-state index contributed by atoms with van der Waals surface area (Å²) in [4.78, 5) is 23.8. The van der Waals surface area contributed by atoms with Gasteiger partial charge in [0, 0.05) is 35.7 Å². The highest BCUT2D eigenvalue weighted by molar-refractivity contribution is 6.26. The Morgan fingerprint density at radius 3 is 2.74 bits per heavy atom. The minimum atomic E-state index is -0.633. The van der Waals surface area contributed by atoms with Crippen molar-refractivity contribution in [3.8, 4) is 11.5 Å². The van der Waals surface area contributed by atoms with Gasteiger partial charge in [-0.15, -0.1) is 0 Å². The Hall–Kier alpha value is -4.41. The molecular formula is C23H22FN7O3. The van der Waals surface area contributed by atoms with Crippen molar-refractivity contribution in [2.75, 3.05) is 36.2 Å². The Morgan fingerprint density at radius 2 is 1.94 bits per heavy atom. The molecule has 1 aliphatic heterocycles. The molecule has 0 fully saturated rings. The number of halogens is 1. The van der Waals surface area contributed by atoms with Crippen molar-refractivity contribution in [1.82, 2.24) is 9.97 Å². The third-order valence-electron chi connectivity index (χ3n) is 5.52. The summed E-state index contributed by atoms with van der Waals surface area (Å²) in [6, 6.07) is 7.04. The summed E-state index contributed by atoms with van der Waals surface area (Å²) in [6.45, 7) is 0.941.